The van der Waals surface area contributed by atoms with E-state index in [1.54, 1.807) is 11.0 Å². The Balaban J connectivity index is 2.12. The van der Waals surface area contributed by atoms with Crippen LogP contribution in [0, 0.1) is 5.92 Å². The molecular weight excluding hydrogens is 218 g/mol. The molecule has 0 radical (unpaired) electrons. The number of aromatic nitrogens is 1. The van der Waals surface area contributed by atoms with Crippen LogP contribution >= 0.6 is 0 Å². The van der Waals surface area contributed by atoms with Crippen molar-refractivity contribution in [3.05, 3.63) is 24.0 Å². The summed E-state index contributed by atoms with van der Waals surface area (Å²) < 4.78 is 0. The number of hydrogen-bond donors (Lipinski definition) is 2. The molecule has 1 unspecified atom stereocenters. The monoisotopic (exact) mass is 235 g/mol. The Kier molecular flexibility index (Phi) is 3.58. The van der Waals surface area contributed by atoms with E-state index in [-0.39, 0.29) is 17.4 Å². The molecule has 1 atom stereocenters. The van der Waals surface area contributed by atoms with Crippen molar-refractivity contribution in [2.75, 3.05) is 19.6 Å². The van der Waals surface area contributed by atoms with Crippen molar-refractivity contribution in [1.82, 2.24) is 9.88 Å². The first-order valence-electron chi connectivity index (χ1n) is 5.85. The number of piperidine rings is 1. The van der Waals surface area contributed by atoms with Crippen molar-refractivity contribution in [3.63, 3.8) is 0 Å². The van der Waals surface area contributed by atoms with Gasteiger partial charge in [0.1, 0.15) is 5.75 Å². The van der Waals surface area contributed by atoms with Crippen LogP contribution in [0.1, 0.15) is 23.3 Å². The standard InChI is InChI=1S/C12H17N3O2/c13-7-9-3-2-6-15(8-9)12(17)11-10(16)4-1-5-14-11/h1,4-5,9,16H,2-3,6-8,13H2. The van der Waals surface area contributed by atoms with E-state index in [1.165, 1.54) is 12.3 Å². The molecule has 0 saturated carbocycles. The van der Waals surface area contributed by atoms with Gasteiger partial charge < -0.3 is 15.7 Å². The maximum Gasteiger partial charge on any atom is 0.276 e. The topological polar surface area (TPSA) is 79.5 Å². The third-order valence-electron chi connectivity index (χ3n) is 3.13. The maximum atomic E-state index is 12.1. The minimum absolute atomic E-state index is 0.0626. The first-order chi connectivity index (χ1) is 8.22. The Morgan fingerprint density at radius 1 is 1.65 bits per heavy atom. The van der Waals surface area contributed by atoms with Crippen molar-refractivity contribution >= 4 is 5.91 Å². The summed E-state index contributed by atoms with van der Waals surface area (Å²) in [6.07, 6.45) is 3.53. The number of aromatic hydroxyl groups is 1. The minimum Gasteiger partial charge on any atom is -0.505 e. The van der Waals surface area contributed by atoms with Gasteiger partial charge in [0.15, 0.2) is 5.69 Å². The van der Waals surface area contributed by atoms with Gasteiger partial charge in [0.25, 0.3) is 5.91 Å². The van der Waals surface area contributed by atoms with Crippen molar-refractivity contribution in [3.8, 4) is 5.75 Å². The highest BCUT2D eigenvalue weighted by molar-refractivity contribution is 5.94. The van der Waals surface area contributed by atoms with Crippen molar-refractivity contribution in [1.29, 1.82) is 0 Å². The van der Waals surface area contributed by atoms with E-state index in [1.807, 2.05) is 0 Å². The molecule has 1 aliphatic heterocycles. The lowest BCUT2D eigenvalue weighted by molar-refractivity contribution is 0.0669. The Hall–Kier alpha value is -1.62. The smallest absolute Gasteiger partial charge is 0.276 e. The molecule has 1 fully saturated rings. The second kappa shape index (κ2) is 5.14. The lowest BCUT2D eigenvalue weighted by Crippen LogP contribution is -2.42. The van der Waals surface area contributed by atoms with Crippen molar-refractivity contribution in [2.24, 2.45) is 11.7 Å². The van der Waals surface area contributed by atoms with Gasteiger partial charge in [0.05, 0.1) is 0 Å². The first kappa shape index (κ1) is 11.9. The maximum absolute atomic E-state index is 12.1. The molecule has 0 spiro atoms. The van der Waals surface area contributed by atoms with Crippen LogP contribution in [0.4, 0.5) is 0 Å². The quantitative estimate of drug-likeness (QED) is 0.786. The Bertz CT molecular complexity index is 408. The van der Waals surface area contributed by atoms with Gasteiger partial charge in [-0.3, -0.25) is 4.79 Å². The number of rotatable bonds is 2. The van der Waals surface area contributed by atoms with Gasteiger partial charge in [-0.15, -0.1) is 0 Å². The molecule has 1 amide bonds. The molecular formula is C12H17N3O2. The molecule has 17 heavy (non-hydrogen) atoms. The fourth-order valence-electron chi connectivity index (χ4n) is 2.15. The fraction of sp³-hybridized carbons (Fsp3) is 0.500. The average molecular weight is 235 g/mol. The minimum atomic E-state index is -0.207. The fourth-order valence-corrected chi connectivity index (χ4v) is 2.15. The summed E-state index contributed by atoms with van der Waals surface area (Å²) in [6.45, 7) is 1.97. The van der Waals surface area contributed by atoms with Crippen LogP contribution in [0.15, 0.2) is 18.3 Å². The molecule has 1 aromatic rings. The lowest BCUT2D eigenvalue weighted by atomic mass is 9.98. The highest BCUT2D eigenvalue weighted by Crippen LogP contribution is 2.20. The van der Waals surface area contributed by atoms with Gasteiger partial charge >= 0.3 is 0 Å². The van der Waals surface area contributed by atoms with E-state index in [4.69, 9.17) is 5.73 Å². The molecule has 0 bridgehead atoms. The predicted octanol–water partition coefficient (Wildman–Crippen LogP) is 0.598. The van der Waals surface area contributed by atoms with Gasteiger partial charge in [0, 0.05) is 19.3 Å². The first-order valence-corrected chi connectivity index (χ1v) is 5.85. The molecule has 5 heteroatoms. The van der Waals surface area contributed by atoms with Crippen LogP contribution in [0.25, 0.3) is 0 Å². The zero-order valence-corrected chi connectivity index (χ0v) is 9.67. The summed E-state index contributed by atoms with van der Waals surface area (Å²) >= 11 is 0. The number of pyridine rings is 1. The second-order valence-electron chi connectivity index (χ2n) is 4.37. The molecule has 0 aromatic carbocycles. The van der Waals surface area contributed by atoms with Gasteiger partial charge in [-0.05, 0) is 37.4 Å². The number of carbonyl (C=O) groups is 1. The van der Waals surface area contributed by atoms with Crippen LogP contribution in [0.2, 0.25) is 0 Å². The van der Waals surface area contributed by atoms with E-state index >= 15 is 0 Å². The van der Waals surface area contributed by atoms with Crippen LogP contribution in [0.3, 0.4) is 0 Å². The summed E-state index contributed by atoms with van der Waals surface area (Å²) in [6, 6.07) is 3.08. The van der Waals surface area contributed by atoms with Gasteiger partial charge in [-0.2, -0.15) is 0 Å². The van der Waals surface area contributed by atoms with Crippen molar-refractivity contribution in [2.45, 2.75) is 12.8 Å². The predicted molar refractivity (Wildman–Crippen MR) is 63.6 cm³/mol. The summed E-state index contributed by atoms with van der Waals surface area (Å²) in [7, 11) is 0. The van der Waals surface area contributed by atoms with Gasteiger partial charge in [0.2, 0.25) is 0 Å². The summed E-state index contributed by atoms with van der Waals surface area (Å²) in [5, 5.41) is 9.60. The van der Waals surface area contributed by atoms with E-state index in [0.717, 1.165) is 12.8 Å². The molecule has 1 saturated heterocycles. The highest BCUT2D eigenvalue weighted by Gasteiger charge is 2.25. The molecule has 2 rings (SSSR count). The third kappa shape index (κ3) is 2.55. The van der Waals surface area contributed by atoms with Crippen molar-refractivity contribution < 1.29 is 9.90 Å². The molecule has 1 aromatic heterocycles. The Morgan fingerprint density at radius 2 is 2.47 bits per heavy atom. The summed E-state index contributed by atoms with van der Waals surface area (Å²) in [5.74, 6) is 0.0900. The lowest BCUT2D eigenvalue weighted by Gasteiger charge is -2.31. The highest BCUT2D eigenvalue weighted by atomic mass is 16.3. The zero-order valence-electron chi connectivity index (χ0n) is 9.67. The normalized spacial score (nSPS) is 20.3. The largest absolute Gasteiger partial charge is 0.505 e. The molecule has 1 aliphatic rings. The summed E-state index contributed by atoms with van der Waals surface area (Å²) in [5.41, 5.74) is 5.76. The average Bonchev–Trinajstić information content (AvgIpc) is 2.38. The number of nitrogens with two attached hydrogens (primary N) is 1. The zero-order chi connectivity index (χ0) is 12.3. The van der Waals surface area contributed by atoms with E-state index in [2.05, 4.69) is 4.98 Å². The molecule has 5 nitrogen and oxygen atoms in total. The molecule has 92 valence electrons. The number of nitrogens with zero attached hydrogens (tertiary/aromatic N) is 2. The Labute approximate surface area is 100 Å². The van der Waals surface area contributed by atoms with E-state index in [9.17, 15) is 9.90 Å². The second-order valence-corrected chi connectivity index (χ2v) is 4.37. The van der Waals surface area contributed by atoms with Gasteiger partial charge in [-0.25, -0.2) is 4.98 Å². The van der Waals surface area contributed by atoms with E-state index in [0.29, 0.717) is 25.6 Å². The number of carbonyl (C=O) groups excluding carboxylic acids is 1. The molecule has 3 N–H and O–H groups in total. The third-order valence-corrected chi connectivity index (χ3v) is 3.13. The van der Waals surface area contributed by atoms with Gasteiger partial charge in [-0.1, -0.05) is 0 Å². The number of likely N-dealkylation sites (tertiary alicyclic amines) is 1. The SMILES string of the molecule is NCC1CCCN(C(=O)c2ncccc2O)C1. The van der Waals surface area contributed by atoms with Crippen LogP contribution in [-0.4, -0.2) is 40.5 Å². The van der Waals surface area contributed by atoms with E-state index < -0.39 is 0 Å². The van der Waals surface area contributed by atoms with Crippen LogP contribution in [0.5, 0.6) is 5.75 Å². The number of hydrogen-bond acceptors (Lipinski definition) is 4. The summed E-state index contributed by atoms with van der Waals surface area (Å²) in [4.78, 5) is 17.8. The molecule has 0 aliphatic carbocycles. The van der Waals surface area contributed by atoms with Crippen LogP contribution in [-0.2, 0) is 0 Å². The van der Waals surface area contributed by atoms with Crippen LogP contribution < -0.4 is 5.73 Å². The Morgan fingerprint density at radius 3 is 3.18 bits per heavy atom. The number of amides is 1. The molecule has 2 heterocycles.